The minimum Gasteiger partial charge on any atom is -0.322 e. The molecule has 29 heavy (non-hydrogen) atoms. The highest BCUT2D eigenvalue weighted by Crippen LogP contribution is 2.26. The molecule has 0 fully saturated rings. The smallest absolute Gasteiger partial charge is 0.270 e. The number of anilines is 1. The summed E-state index contributed by atoms with van der Waals surface area (Å²) < 4.78 is 13.6. The fourth-order valence-electron chi connectivity index (χ4n) is 3.31. The minimum absolute atomic E-state index is 0.172. The van der Waals surface area contributed by atoms with Gasteiger partial charge in [0.1, 0.15) is 10.7 Å². The summed E-state index contributed by atoms with van der Waals surface area (Å²) >= 11 is 1.28. The third-order valence-electron chi connectivity index (χ3n) is 4.72. The standard InChI is InChI=1S/C22H18FN3O2S/c1-13-4-3-5-17(8-13)26(22(28)21-14(2)24-12-29-21)11-15-9-20(27)25-19-10-16(23)6-7-18(15)19/h3-10,12H,11H2,1-2H3,(H,25,27). The summed E-state index contributed by atoms with van der Waals surface area (Å²) in [5.74, 6) is -0.622. The summed E-state index contributed by atoms with van der Waals surface area (Å²) in [5.41, 5.74) is 4.73. The number of hydrogen-bond acceptors (Lipinski definition) is 4. The van der Waals surface area contributed by atoms with Gasteiger partial charge in [-0.05, 0) is 55.3 Å². The molecule has 1 amide bonds. The average molecular weight is 407 g/mol. The second kappa shape index (κ2) is 7.60. The summed E-state index contributed by atoms with van der Waals surface area (Å²) in [5, 5.41) is 0.692. The molecule has 146 valence electrons. The van der Waals surface area contributed by atoms with Crippen LogP contribution in [-0.2, 0) is 6.54 Å². The minimum atomic E-state index is -0.433. The number of aromatic amines is 1. The van der Waals surface area contributed by atoms with Crippen LogP contribution in [0, 0.1) is 19.7 Å². The van der Waals surface area contributed by atoms with Crippen molar-refractivity contribution in [3.8, 4) is 0 Å². The van der Waals surface area contributed by atoms with Crippen LogP contribution < -0.4 is 10.5 Å². The van der Waals surface area contributed by atoms with E-state index in [4.69, 9.17) is 0 Å². The maximum atomic E-state index is 13.6. The molecule has 5 nitrogen and oxygen atoms in total. The van der Waals surface area contributed by atoms with Gasteiger partial charge in [-0.25, -0.2) is 9.37 Å². The Balaban J connectivity index is 1.85. The van der Waals surface area contributed by atoms with E-state index in [0.29, 0.717) is 27.0 Å². The largest absolute Gasteiger partial charge is 0.322 e. The van der Waals surface area contributed by atoms with Crippen LogP contribution in [0.15, 0.2) is 58.8 Å². The summed E-state index contributed by atoms with van der Waals surface area (Å²) in [6, 6.07) is 13.3. The van der Waals surface area contributed by atoms with Crippen molar-refractivity contribution >= 4 is 33.8 Å². The van der Waals surface area contributed by atoms with E-state index in [1.165, 1.54) is 29.5 Å². The van der Waals surface area contributed by atoms with E-state index in [-0.39, 0.29) is 18.0 Å². The number of aromatic nitrogens is 2. The Kier molecular flexibility index (Phi) is 4.98. The quantitative estimate of drug-likeness (QED) is 0.538. The van der Waals surface area contributed by atoms with Crippen LogP contribution in [0.4, 0.5) is 10.1 Å². The maximum Gasteiger partial charge on any atom is 0.270 e. The number of H-pyrrole nitrogens is 1. The number of hydrogen-bond donors (Lipinski definition) is 1. The number of aryl methyl sites for hydroxylation is 2. The summed E-state index contributed by atoms with van der Waals surface area (Å²) in [7, 11) is 0. The summed E-state index contributed by atoms with van der Waals surface area (Å²) in [6.07, 6.45) is 0. The number of rotatable bonds is 4. The van der Waals surface area contributed by atoms with Crippen molar-refractivity contribution in [1.82, 2.24) is 9.97 Å². The predicted molar refractivity (Wildman–Crippen MR) is 113 cm³/mol. The number of pyridine rings is 1. The van der Waals surface area contributed by atoms with Gasteiger partial charge >= 0.3 is 0 Å². The zero-order valence-electron chi connectivity index (χ0n) is 15.9. The van der Waals surface area contributed by atoms with E-state index in [1.807, 2.05) is 31.2 Å². The molecule has 0 unspecified atom stereocenters. The van der Waals surface area contributed by atoms with Gasteiger partial charge in [-0.2, -0.15) is 0 Å². The number of carbonyl (C=O) groups is 1. The molecule has 4 rings (SSSR count). The van der Waals surface area contributed by atoms with Gasteiger partial charge in [0.15, 0.2) is 0 Å². The molecule has 0 saturated carbocycles. The van der Waals surface area contributed by atoms with Gasteiger partial charge in [-0.1, -0.05) is 12.1 Å². The highest BCUT2D eigenvalue weighted by Gasteiger charge is 2.23. The van der Waals surface area contributed by atoms with Crippen molar-refractivity contribution in [2.75, 3.05) is 4.90 Å². The Morgan fingerprint density at radius 2 is 2.00 bits per heavy atom. The summed E-state index contributed by atoms with van der Waals surface area (Å²) in [6.45, 7) is 3.92. The lowest BCUT2D eigenvalue weighted by molar-refractivity contribution is 0.0988. The van der Waals surface area contributed by atoms with Crippen molar-refractivity contribution in [3.05, 3.63) is 91.9 Å². The first-order valence-electron chi connectivity index (χ1n) is 9.02. The molecular formula is C22H18FN3O2S. The fourth-order valence-corrected chi connectivity index (χ4v) is 4.06. The number of fused-ring (bicyclic) bond motifs is 1. The molecule has 0 radical (unpaired) electrons. The second-order valence-electron chi connectivity index (χ2n) is 6.85. The predicted octanol–water partition coefficient (Wildman–Crippen LogP) is 4.59. The molecule has 7 heteroatoms. The van der Waals surface area contributed by atoms with Crippen LogP contribution in [0.1, 0.15) is 26.5 Å². The van der Waals surface area contributed by atoms with Gasteiger partial charge in [-0.3, -0.25) is 9.59 Å². The molecule has 1 N–H and O–H groups in total. The average Bonchev–Trinajstić information content (AvgIpc) is 3.10. The lowest BCUT2D eigenvalue weighted by Crippen LogP contribution is -2.31. The Morgan fingerprint density at radius 3 is 2.72 bits per heavy atom. The molecule has 0 spiro atoms. The Hall–Kier alpha value is -3.32. The topological polar surface area (TPSA) is 66.1 Å². The van der Waals surface area contributed by atoms with E-state index in [9.17, 15) is 14.0 Å². The monoisotopic (exact) mass is 407 g/mol. The van der Waals surface area contributed by atoms with E-state index in [1.54, 1.807) is 23.4 Å². The SMILES string of the molecule is Cc1cccc(N(Cc2cc(=O)[nH]c3cc(F)ccc23)C(=O)c2scnc2C)c1. The molecule has 0 atom stereocenters. The Morgan fingerprint density at radius 1 is 1.17 bits per heavy atom. The van der Waals surface area contributed by atoms with Crippen LogP contribution in [-0.4, -0.2) is 15.9 Å². The number of halogens is 1. The zero-order chi connectivity index (χ0) is 20.5. The molecule has 0 saturated heterocycles. The molecule has 0 aliphatic rings. The summed E-state index contributed by atoms with van der Waals surface area (Å²) in [4.78, 5) is 34.5. The third kappa shape index (κ3) is 3.82. The van der Waals surface area contributed by atoms with Crippen LogP contribution in [0.2, 0.25) is 0 Å². The molecule has 4 aromatic rings. The van der Waals surface area contributed by atoms with Crippen molar-refractivity contribution in [3.63, 3.8) is 0 Å². The Labute approximate surface area is 170 Å². The highest BCUT2D eigenvalue weighted by atomic mass is 32.1. The van der Waals surface area contributed by atoms with Gasteiger partial charge < -0.3 is 9.88 Å². The van der Waals surface area contributed by atoms with Crippen molar-refractivity contribution in [2.24, 2.45) is 0 Å². The van der Waals surface area contributed by atoms with Crippen molar-refractivity contribution in [1.29, 1.82) is 0 Å². The second-order valence-corrected chi connectivity index (χ2v) is 7.70. The van der Waals surface area contributed by atoms with Gasteiger partial charge in [-0.15, -0.1) is 11.3 Å². The zero-order valence-corrected chi connectivity index (χ0v) is 16.7. The molecule has 2 aromatic heterocycles. The van der Waals surface area contributed by atoms with Gasteiger partial charge in [0, 0.05) is 17.1 Å². The number of thiazole rings is 1. The number of carbonyl (C=O) groups excluding carboxylic acids is 1. The normalized spacial score (nSPS) is 11.0. The first kappa shape index (κ1) is 19.0. The highest BCUT2D eigenvalue weighted by molar-refractivity contribution is 7.12. The Bertz CT molecular complexity index is 1280. The first-order valence-corrected chi connectivity index (χ1v) is 9.90. The van der Waals surface area contributed by atoms with Crippen LogP contribution in [0.25, 0.3) is 10.9 Å². The van der Waals surface area contributed by atoms with Crippen molar-refractivity contribution < 1.29 is 9.18 Å². The number of amides is 1. The molecule has 2 heterocycles. The molecule has 0 aliphatic heterocycles. The van der Waals surface area contributed by atoms with Crippen LogP contribution >= 0.6 is 11.3 Å². The van der Waals surface area contributed by atoms with Gasteiger partial charge in [0.05, 0.1) is 23.3 Å². The van der Waals surface area contributed by atoms with E-state index in [2.05, 4.69) is 9.97 Å². The lowest BCUT2D eigenvalue weighted by atomic mass is 10.1. The molecular weight excluding hydrogens is 389 g/mol. The number of nitrogens with zero attached hydrogens (tertiary/aromatic N) is 2. The van der Waals surface area contributed by atoms with E-state index >= 15 is 0 Å². The number of nitrogens with one attached hydrogen (secondary N) is 1. The molecule has 0 bridgehead atoms. The number of benzene rings is 2. The van der Waals surface area contributed by atoms with Gasteiger partial charge in [0.2, 0.25) is 5.56 Å². The van der Waals surface area contributed by atoms with E-state index in [0.717, 1.165) is 11.3 Å². The first-order chi connectivity index (χ1) is 13.9. The third-order valence-corrected chi connectivity index (χ3v) is 5.63. The lowest BCUT2D eigenvalue weighted by Gasteiger charge is -2.24. The van der Waals surface area contributed by atoms with E-state index < -0.39 is 5.82 Å². The molecule has 2 aromatic carbocycles. The van der Waals surface area contributed by atoms with Crippen molar-refractivity contribution in [2.45, 2.75) is 20.4 Å². The maximum absolute atomic E-state index is 13.6. The van der Waals surface area contributed by atoms with Crippen LogP contribution in [0.5, 0.6) is 0 Å². The molecule has 0 aliphatic carbocycles. The van der Waals surface area contributed by atoms with Crippen LogP contribution in [0.3, 0.4) is 0 Å². The fraction of sp³-hybridized carbons (Fsp3) is 0.136. The van der Waals surface area contributed by atoms with Gasteiger partial charge in [0.25, 0.3) is 5.91 Å².